The van der Waals surface area contributed by atoms with Crippen molar-refractivity contribution in [3.05, 3.63) is 85.6 Å². The predicted molar refractivity (Wildman–Crippen MR) is 140 cm³/mol. The molecule has 180 valence electrons. The molecule has 0 bridgehead atoms. The van der Waals surface area contributed by atoms with Crippen molar-refractivity contribution >= 4 is 29.2 Å². The molecule has 0 fully saturated rings. The third-order valence-corrected chi connectivity index (χ3v) is 6.97. The summed E-state index contributed by atoms with van der Waals surface area (Å²) in [5.74, 6) is -0.0693. The minimum Gasteiger partial charge on any atom is -0.383 e. The molecule has 0 aliphatic heterocycles. The van der Waals surface area contributed by atoms with Gasteiger partial charge in [0.25, 0.3) is 5.56 Å². The van der Waals surface area contributed by atoms with Crippen LogP contribution in [0, 0.1) is 20.8 Å². The zero-order valence-corrected chi connectivity index (χ0v) is 21.0. The lowest BCUT2D eigenvalue weighted by atomic mass is 10.1. The molecule has 3 rings (SSSR count). The van der Waals surface area contributed by atoms with E-state index in [0.29, 0.717) is 13.0 Å². The Bertz CT molecular complexity index is 1260. The van der Waals surface area contributed by atoms with Gasteiger partial charge >= 0.3 is 5.69 Å². The standard InChI is InChI=1S/C26H32N4O3S/c1-5-6-12-29(21(31)16-34-23-18(3)13-17(2)14-19(23)4)22-24(27)30(26(33)28-25(22)32)15-20-10-8-7-9-11-20/h7-11,13-14H,5-6,12,15-16,27H2,1-4H3,(H,28,32,33). The molecule has 0 unspecified atom stereocenters. The number of H-pyrrole nitrogens is 1. The number of rotatable bonds is 9. The van der Waals surface area contributed by atoms with Gasteiger partial charge in [0.1, 0.15) is 5.82 Å². The van der Waals surface area contributed by atoms with Gasteiger partial charge in [-0.25, -0.2) is 4.79 Å². The number of hydrogen-bond acceptors (Lipinski definition) is 5. The number of unbranched alkanes of at least 4 members (excludes halogenated alkanes) is 1. The Morgan fingerprint density at radius 2 is 1.74 bits per heavy atom. The van der Waals surface area contributed by atoms with Crippen molar-refractivity contribution in [1.82, 2.24) is 9.55 Å². The molecule has 1 heterocycles. The van der Waals surface area contributed by atoms with E-state index in [1.54, 1.807) is 0 Å². The van der Waals surface area contributed by atoms with Crippen LogP contribution in [-0.4, -0.2) is 27.8 Å². The maximum absolute atomic E-state index is 13.4. The van der Waals surface area contributed by atoms with E-state index < -0.39 is 11.2 Å². The fourth-order valence-corrected chi connectivity index (χ4v) is 5.04. The van der Waals surface area contributed by atoms with Gasteiger partial charge in [0.2, 0.25) is 5.91 Å². The number of nitrogens with zero attached hydrogens (tertiary/aromatic N) is 2. The molecule has 2 aromatic carbocycles. The second-order valence-electron chi connectivity index (χ2n) is 8.48. The van der Waals surface area contributed by atoms with Crippen LogP contribution in [0.4, 0.5) is 11.5 Å². The van der Waals surface area contributed by atoms with E-state index in [4.69, 9.17) is 5.73 Å². The first-order valence-corrected chi connectivity index (χ1v) is 12.4. The maximum atomic E-state index is 13.4. The first-order valence-electron chi connectivity index (χ1n) is 11.4. The highest BCUT2D eigenvalue weighted by atomic mass is 32.2. The third kappa shape index (κ3) is 5.80. The second-order valence-corrected chi connectivity index (χ2v) is 9.47. The minimum absolute atomic E-state index is 0.00486. The van der Waals surface area contributed by atoms with E-state index in [0.717, 1.165) is 28.0 Å². The maximum Gasteiger partial charge on any atom is 0.330 e. The molecule has 7 nitrogen and oxygen atoms in total. The zero-order chi connectivity index (χ0) is 24.8. The van der Waals surface area contributed by atoms with Crippen LogP contribution in [-0.2, 0) is 11.3 Å². The Balaban J connectivity index is 1.95. The number of nitrogens with two attached hydrogens (primary N) is 1. The molecule has 0 saturated heterocycles. The molecular weight excluding hydrogens is 448 g/mol. The largest absolute Gasteiger partial charge is 0.383 e. The third-order valence-electron chi connectivity index (χ3n) is 5.65. The minimum atomic E-state index is -0.649. The van der Waals surface area contributed by atoms with Crippen molar-refractivity contribution in [2.75, 3.05) is 22.9 Å². The van der Waals surface area contributed by atoms with Gasteiger partial charge in [-0.15, -0.1) is 11.8 Å². The van der Waals surface area contributed by atoms with Crippen molar-refractivity contribution in [2.24, 2.45) is 0 Å². The molecular formula is C26H32N4O3S. The van der Waals surface area contributed by atoms with E-state index in [2.05, 4.69) is 17.1 Å². The van der Waals surface area contributed by atoms with E-state index in [1.807, 2.05) is 58.0 Å². The topological polar surface area (TPSA) is 101 Å². The Kier molecular flexibility index (Phi) is 8.39. The molecule has 3 N–H and O–H groups in total. The van der Waals surface area contributed by atoms with Crippen LogP contribution < -0.4 is 21.9 Å². The average Bonchev–Trinajstić information content (AvgIpc) is 2.78. The quantitative estimate of drug-likeness (QED) is 0.451. The van der Waals surface area contributed by atoms with Crippen LogP contribution in [0.25, 0.3) is 0 Å². The lowest BCUT2D eigenvalue weighted by Gasteiger charge is -2.24. The summed E-state index contributed by atoms with van der Waals surface area (Å²) in [4.78, 5) is 43.6. The first-order chi connectivity index (χ1) is 16.2. The average molecular weight is 481 g/mol. The van der Waals surface area contributed by atoms with Crippen LogP contribution in [0.15, 0.2) is 56.9 Å². The number of aromatic nitrogens is 2. The van der Waals surface area contributed by atoms with E-state index in [9.17, 15) is 14.4 Å². The summed E-state index contributed by atoms with van der Waals surface area (Å²) in [6.45, 7) is 8.67. The highest BCUT2D eigenvalue weighted by molar-refractivity contribution is 8.00. The number of carbonyl (C=O) groups excluding carboxylic acids is 1. The van der Waals surface area contributed by atoms with Crippen molar-refractivity contribution in [1.29, 1.82) is 0 Å². The lowest BCUT2D eigenvalue weighted by molar-refractivity contribution is -0.116. The lowest BCUT2D eigenvalue weighted by Crippen LogP contribution is -2.42. The zero-order valence-electron chi connectivity index (χ0n) is 20.2. The Morgan fingerprint density at radius 3 is 2.35 bits per heavy atom. The van der Waals surface area contributed by atoms with Gasteiger partial charge in [0.05, 0.1) is 12.3 Å². The van der Waals surface area contributed by atoms with Crippen molar-refractivity contribution in [3.8, 4) is 0 Å². The highest BCUT2D eigenvalue weighted by Crippen LogP contribution is 2.29. The molecule has 0 saturated carbocycles. The Labute approximate surface area is 204 Å². The van der Waals surface area contributed by atoms with Crippen LogP contribution in [0.1, 0.15) is 42.0 Å². The van der Waals surface area contributed by atoms with Crippen molar-refractivity contribution in [3.63, 3.8) is 0 Å². The molecule has 8 heteroatoms. The smallest absolute Gasteiger partial charge is 0.330 e. The molecule has 34 heavy (non-hydrogen) atoms. The van der Waals surface area contributed by atoms with Gasteiger partial charge in [-0.05, 0) is 43.9 Å². The molecule has 3 aromatic rings. The number of aryl methyl sites for hydroxylation is 3. The fourth-order valence-electron chi connectivity index (χ4n) is 4.04. The number of hydrogen-bond donors (Lipinski definition) is 2. The summed E-state index contributed by atoms with van der Waals surface area (Å²) in [7, 11) is 0. The molecule has 0 aliphatic rings. The number of nitrogen functional groups attached to an aromatic ring is 1. The van der Waals surface area contributed by atoms with Gasteiger partial charge in [0.15, 0.2) is 5.69 Å². The Hall–Kier alpha value is -3.26. The summed E-state index contributed by atoms with van der Waals surface area (Å²) in [6, 6.07) is 13.6. The summed E-state index contributed by atoms with van der Waals surface area (Å²) < 4.78 is 1.31. The number of thioether (sulfide) groups is 1. The predicted octanol–water partition coefficient (Wildman–Crippen LogP) is 4.02. The molecule has 0 radical (unpaired) electrons. The normalized spacial score (nSPS) is 10.9. The monoisotopic (exact) mass is 480 g/mol. The second kappa shape index (κ2) is 11.2. The van der Waals surface area contributed by atoms with Crippen molar-refractivity contribution in [2.45, 2.75) is 52.0 Å². The SMILES string of the molecule is CCCCN(C(=O)CSc1c(C)cc(C)cc1C)c1c(N)n(Cc2ccccc2)c(=O)[nH]c1=O. The molecule has 0 spiro atoms. The molecule has 1 aromatic heterocycles. The number of carbonyl (C=O) groups is 1. The Morgan fingerprint density at radius 1 is 1.09 bits per heavy atom. The summed E-state index contributed by atoms with van der Waals surface area (Å²) in [5.41, 5.74) is 9.41. The molecule has 1 amide bonds. The van der Waals surface area contributed by atoms with Gasteiger partial charge in [-0.3, -0.25) is 19.1 Å². The number of amides is 1. The van der Waals surface area contributed by atoms with Crippen LogP contribution >= 0.6 is 11.8 Å². The van der Waals surface area contributed by atoms with Gasteiger partial charge in [-0.1, -0.05) is 61.4 Å². The summed E-state index contributed by atoms with van der Waals surface area (Å²) in [5, 5.41) is 0. The van der Waals surface area contributed by atoms with Crippen molar-refractivity contribution < 1.29 is 4.79 Å². The summed E-state index contributed by atoms with van der Waals surface area (Å²) in [6.07, 6.45) is 1.55. The number of nitrogens with one attached hydrogen (secondary N) is 1. The number of aromatic amines is 1. The number of benzene rings is 2. The fraction of sp³-hybridized carbons (Fsp3) is 0.346. The molecule has 0 aliphatic carbocycles. The van der Waals surface area contributed by atoms with E-state index in [1.165, 1.54) is 26.8 Å². The van der Waals surface area contributed by atoms with Crippen LogP contribution in [0.3, 0.4) is 0 Å². The highest BCUT2D eigenvalue weighted by Gasteiger charge is 2.24. The molecule has 0 atom stereocenters. The van der Waals surface area contributed by atoms with Gasteiger partial charge in [-0.2, -0.15) is 0 Å². The van der Waals surface area contributed by atoms with Crippen LogP contribution in [0.2, 0.25) is 0 Å². The first kappa shape index (κ1) is 25.4. The van der Waals surface area contributed by atoms with E-state index >= 15 is 0 Å². The van der Waals surface area contributed by atoms with E-state index in [-0.39, 0.29) is 29.7 Å². The summed E-state index contributed by atoms with van der Waals surface area (Å²) >= 11 is 1.46. The van der Waals surface area contributed by atoms with Crippen LogP contribution in [0.5, 0.6) is 0 Å². The number of anilines is 2. The van der Waals surface area contributed by atoms with Gasteiger partial charge in [0, 0.05) is 11.4 Å². The van der Waals surface area contributed by atoms with Gasteiger partial charge < -0.3 is 10.6 Å².